The first-order valence-electron chi connectivity index (χ1n) is 5.28. The van der Waals surface area contributed by atoms with Gasteiger partial charge in [0, 0.05) is 10.6 Å². The largest absolute Gasteiger partial charge is 0.478 e. The third-order valence-electron chi connectivity index (χ3n) is 2.58. The number of rotatable bonds is 2. The van der Waals surface area contributed by atoms with Crippen molar-refractivity contribution >= 4 is 17.6 Å². The minimum absolute atomic E-state index is 0.0948. The van der Waals surface area contributed by atoms with E-state index in [1.54, 1.807) is 12.1 Å². The molecule has 0 aromatic heterocycles. The SMILES string of the molecule is Cc1ccc(Cl)c(-c2cc(F)cc(C(=O)O)c2)c1. The maximum Gasteiger partial charge on any atom is 0.335 e. The summed E-state index contributed by atoms with van der Waals surface area (Å²) in [6.07, 6.45) is 0. The molecule has 2 aromatic carbocycles. The van der Waals surface area contributed by atoms with Crippen molar-refractivity contribution in [3.05, 3.63) is 58.4 Å². The normalized spacial score (nSPS) is 10.4. The van der Waals surface area contributed by atoms with Crippen molar-refractivity contribution in [3.8, 4) is 11.1 Å². The fourth-order valence-corrected chi connectivity index (χ4v) is 1.96. The van der Waals surface area contributed by atoms with Gasteiger partial charge in [0.2, 0.25) is 0 Å². The number of aryl methyl sites for hydroxylation is 1. The molecule has 0 spiro atoms. The van der Waals surface area contributed by atoms with E-state index in [1.165, 1.54) is 12.1 Å². The number of halogens is 2. The van der Waals surface area contributed by atoms with E-state index >= 15 is 0 Å². The van der Waals surface area contributed by atoms with E-state index in [4.69, 9.17) is 16.7 Å². The molecule has 0 amide bonds. The zero-order valence-corrected chi connectivity index (χ0v) is 10.3. The summed E-state index contributed by atoms with van der Waals surface area (Å²) in [6.45, 7) is 1.89. The Morgan fingerprint density at radius 3 is 2.61 bits per heavy atom. The first-order valence-corrected chi connectivity index (χ1v) is 5.65. The third-order valence-corrected chi connectivity index (χ3v) is 2.91. The van der Waals surface area contributed by atoms with Gasteiger partial charge in [0.1, 0.15) is 5.82 Å². The third kappa shape index (κ3) is 2.51. The van der Waals surface area contributed by atoms with Gasteiger partial charge in [-0.1, -0.05) is 23.2 Å². The Bertz CT molecular complexity index is 623. The lowest BCUT2D eigenvalue weighted by Crippen LogP contribution is -1.97. The van der Waals surface area contributed by atoms with Crippen LogP contribution in [0.3, 0.4) is 0 Å². The molecule has 0 unspecified atom stereocenters. The van der Waals surface area contributed by atoms with E-state index in [1.807, 2.05) is 13.0 Å². The molecule has 0 heterocycles. The number of hydrogen-bond donors (Lipinski definition) is 1. The summed E-state index contributed by atoms with van der Waals surface area (Å²) in [7, 11) is 0. The molecule has 4 heteroatoms. The Labute approximate surface area is 109 Å². The molecule has 92 valence electrons. The van der Waals surface area contributed by atoms with Gasteiger partial charge in [-0.05, 0) is 42.8 Å². The Morgan fingerprint density at radius 1 is 1.22 bits per heavy atom. The molecule has 1 N–H and O–H groups in total. The van der Waals surface area contributed by atoms with Crippen LogP contribution in [0.5, 0.6) is 0 Å². The number of hydrogen-bond acceptors (Lipinski definition) is 1. The highest BCUT2D eigenvalue weighted by atomic mass is 35.5. The lowest BCUT2D eigenvalue weighted by Gasteiger charge is -2.07. The van der Waals surface area contributed by atoms with Crippen LogP contribution in [0.25, 0.3) is 11.1 Å². The van der Waals surface area contributed by atoms with Gasteiger partial charge in [0.25, 0.3) is 0 Å². The summed E-state index contributed by atoms with van der Waals surface area (Å²) >= 11 is 6.05. The molecule has 0 saturated carbocycles. The van der Waals surface area contributed by atoms with Gasteiger partial charge in [-0.2, -0.15) is 0 Å². The number of carboxylic acids is 1. The van der Waals surface area contributed by atoms with Gasteiger partial charge >= 0.3 is 5.97 Å². The summed E-state index contributed by atoms with van der Waals surface area (Å²) in [5.74, 6) is -1.76. The fourth-order valence-electron chi connectivity index (χ4n) is 1.73. The summed E-state index contributed by atoms with van der Waals surface area (Å²) in [5.41, 5.74) is 1.96. The van der Waals surface area contributed by atoms with Crippen LogP contribution in [0.1, 0.15) is 15.9 Å². The van der Waals surface area contributed by atoms with Gasteiger partial charge in [-0.15, -0.1) is 0 Å². The van der Waals surface area contributed by atoms with Gasteiger partial charge in [0.05, 0.1) is 5.56 Å². The summed E-state index contributed by atoms with van der Waals surface area (Å²) in [5, 5.41) is 9.37. The van der Waals surface area contributed by atoms with Crippen LogP contribution in [-0.4, -0.2) is 11.1 Å². The fraction of sp³-hybridized carbons (Fsp3) is 0.0714. The lowest BCUT2D eigenvalue weighted by molar-refractivity contribution is 0.0696. The van der Waals surface area contributed by atoms with Crippen molar-refractivity contribution in [2.24, 2.45) is 0 Å². The average Bonchev–Trinajstić information content (AvgIpc) is 2.31. The van der Waals surface area contributed by atoms with E-state index < -0.39 is 11.8 Å². The summed E-state index contributed by atoms with van der Waals surface area (Å²) in [4.78, 5) is 10.9. The van der Waals surface area contributed by atoms with Crippen molar-refractivity contribution < 1.29 is 14.3 Å². The molecule has 0 fully saturated rings. The van der Waals surface area contributed by atoms with Gasteiger partial charge in [-0.3, -0.25) is 0 Å². The highest BCUT2D eigenvalue weighted by Gasteiger charge is 2.10. The van der Waals surface area contributed by atoms with Crippen molar-refractivity contribution in [1.29, 1.82) is 0 Å². The second kappa shape index (κ2) is 4.78. The monoisotopic (exact) mass is 264 g/mol. The highest BCUT2D eigenvalue weighted by molar-refractivity contribution is 6.33. The van der Waals surface area contributed by atoms with Crippen LogP contribution in [0.15, 0.2) is 36.4 Å². The molecule has 2 aromatic rings. The first-order chi connectivity index (χ1) is 8.47. The van der Waals surface area contributed by atoms with Crippen molar-refractivity contribution in [2.45, 2.75) is 6.92 Å². The van der Waals surface area contributed by atoms with Crippen LogP contribution in [0.4, 0.5) is 4.39 Å². The second-order valence-electron chi connectivity index (χ2n) is 4.02. The molecule has 0 aliphatic carbocycles. The second-order valence-corrected chi connectivity index (χ2v) is 4.42. The topological polar surface area (TPSA) is 37.3 Å². The minimum atomic E-state index is -1.17. The van der Waals surface area contributed by atoms with E-state index in [0.717, 1.165) is 11.6 Å². The first kappa shape index (κ1) is 12.6. The zero-order valence-electron chi connectivity index (χ0n) is 9.58. The molecule has 18 heavy (non-hydrogen) atoms. The number of carboxylic acid groups (broad SMARTS) is 1. The summed E-state index contributed by atoms with van der Waals surface area (Å²) < 4.78 is 13.4. The standard InChI is InChI=1S/C14H10ClFO2/c1-8-2-3-13(15)12(4-8)9-5-10(14(17)18)7-11(16)6-9/h2-7H,1H3,(H,17,18). The van der Waals surface area contributed by atoms with Crippen molar-refractivity contribution in [2.75, 3.05) is 0 Å². The Morgan fingerprint density at radius 2 is 1.94 bits per heavy atom. The van der Waals surface area contributed by atoms with E-state index in [0.29, 0.717) is 16.1 Å². The van der Waals surface area contributed by atoms with E-state index in [-0.39, 0.29) is 5.56 Å². The molecule has 0 saturated heterocycles. The lowest BCUT2D eigenvalue weighted by atomic mass is 10.0. The Kier molecular flexibility index (Phi) is 3.34. The minimum Gasteiger partial charge on any atom is -0.478 e. The molecule has 0 aliphatic heterocycles. The predicted molar refractivity (Wildman–Crippen MR) is 68.5 cm³/mol. The van der Waals surface area contributed by atoms with Crippen molar-refractivity contribution in [1.82, 2.24) is 0 Å². The Balaban J connectivity index is 2.63. The quantitative estimate of drug-likeness (QED) is 0.885. The molecule has 2 nitrogen and oxygen atoms in total. The maximum absolute atomic E-state index is 13.4. The number of carbonyl (C=O) groups is 1. The molecule has 0 atom stereocenters. The zero-order chi connectivity index (χ0) is 13.3. The number of aromatic carboxylic acids is 1. The molecular weight excluding hydrogens is 255 g/mol. The molecule has 0 radical (unpaired) electrons. The predicted octanol–water partition coefficient (Wildman–Crippen LogP) is 4.15. The Hall–Kier alpha value is -1.87. The molecular formula is C14H10ClFO2. The highest BCUT2D eigenvalue weighted by Crippen LogP contribution is 2.30. The van der Waals surface area contributed by atoms with Crippen molar-refractivity contribution in [3.63, 3.8) is 0 Å². The van der Waals surface area contributed by atoms with Crippen LogP contribution >= 0.6 is 11.6 Å². The molecule has 2 rings (SSSR count). The van der Waals surface area contributed by atoms with Gasteiger partial charge in [0.15, 0.2) is 0 Å². The van der Waals surface area contributed by atoms with E-state index in [9.17, 15) is 9.18 Å². The molecule has 0 aliphatic rings. The van der Waals surface area contributed by atoms with Crippen LogP contribution in [0, 0.1) is 12.7 Å². The van der Waals surface area contributed by atoms with E-state index in [2.05, 4.69) is 0 Å². The molecule has 0 bridgehead atoms. The van der Waals surface area contributed by atoms with Crippen LogP contribution in [0.2, 0.25) is 5.02 Å². The maximum atomic E-state index is 13.4. The smallest absolute Gasteiger partial charge is 0.335 e. The average molecular weight is 265 g/mol. The van der Waals surface area contributed by atoms with Crippen LogP contribution in [-0.2, 0) is 0 Å². The van der Waals surface area contributed by atoms with Gasteiger partial charge in [-0.25, -0.2) is 9.18 Å². The van der Waals surface area contributed by atoms with Crippen LogP contribution < -0.4 is 0 Å². The van der Waals surface area contributed by atoms with Gasteiger partial charge < -0.3 is 5.11 Å². The summed E-state index contributed by atoms with van der Waals surface area (Å²) in [6, 6.07) is 9.00. The number of benzene rings is 2.